The Bertz CT molecular complexity index is 875. The van der Waals surface area contributed by atoms with Gasteiger partial charge in [-0.15, -0.1) is 0 Å². The number of amides is 2. The Morgan fingerprint density at radius 2 is 1.63 bits per heavy atom. The molecule has 6 heteroatoms. The van der Waals surface area contributed by atoms with Gasteiger partial charge in [0.1, 0.15) is 5.75 Å². The van der Waals surface area contributed by atoms with E-state index in [-0.39, 0.29) is 11.8 Å². The predicted molar refractivity (Wildman–Crippen MR) is 109 cm³/mol. The smallest absolute Gasteiger partial charge is 0.268 e. The van der Waals surface area contributed by atoms with E-state index in [0.29, 0.717) is 40.6 Å². The number of imide groups is 1. The number of hydrogen-bond acceptors (Lipinski definition) is 4. The Morgan fingerprint density at radius 1 is 0.963 bits per heavy atom. The molecule has 0 N–H and O–H groups in total. The lowest BCUT2D eigenvalue weighted by atomic mass is 10.1. The first-order valence-corrected chi connectivity index (χ1v) is 10.0. The molecule has 27 heavy (non-hydrogen) atoms. The average Bonchev–Trinajstić information content (AvgIpc) is 2.89. The quantitative estimate of drug-likeness (QED) is 0.611. The molecule has 0 saturated heterocycles. The van der Waals surface area contributed by atoms with E-state index in [2.05, 4.69) is 0 Å². The summed E-state index contributed by atoms with van der Waals surface area (Å²) < 4.78 is 5.47. The van der Waals surface area contributed by atoms with Gasteiger partial charge in [-0.3, -0.25) is 14.5 Å². The number of thioether (sulfide) groups is 1. The third-order valence-electron chi connectivity index (χ3n) is 4.06. The van der Waals surface area contributed by atoms with Gasteiger partial charge in [-0.2, -0.15) is 0 Å². The predicted octanol–water partition coefficient (Wildman–Crippen LogP) is 5.02. The molecular weight excluding hydrogens is 382 g/mol. The van der Waals surface area contributed by atoms with E-state index in [1.165, 1.54) is 16.7 Å². The molecular formula is C21H20ClNO3S. The van der Waals surface area contributed by atoms with Crippen molar-refractivity contribution in [1.29, 1.82) is 0 Å². The van der Waals surface area contributed by atoms with E-state index >= 15 is 0 Å². The first kappa shape index (κ1) is 19.5. The van der Waals surface area contributed by atoms with E-state index in [1.807, 2.05) is 50.2 Å². The number of rotatable bonds is 7. The first-order chi connectivity index (χ1) is 13.0. The maximum Gasteiger partial charge on any atom is 0.268 e. The van der Waals surface area contributed by atoms with Gasteiger partial charge in [0, 0.05) is 16.5 Å². The summed E-state index contributed by atoms with van der Waals surface area (Å²) in [6.45, 7) is 4.84. The Morgan fingerprint density at radius 3 is 2.22 bits per heavy atom. The maximum absolute atomic E-state index is 13.0. The number of halogens is 1. The van der Waals surface area contributed by atoms with Crippen LogP contribution < -0.4 is 4.74 Å². The van der Waals surface area contributed by atoms with Crippen LogP contribution in [0.25, 0.3) is 5.57 Å². The Balaban J connectivity index is 2.01. The number of carbonyl (C=O) groups is 2. The summed E-state index contributed by atoms with van der Waals surface area (Å²) in [5.41, 5.74) is 1.16. The lowest BCUT2D eigenvalue weighted by Gasteiger charge is -2.13. The van der Waals surface area contributed by atoms with Crippen molar-refractivity contribution in [2.75, 3.05) is 13.2 Å². The Hall–Kier alpha value is -2.24. The van der Waals surface area contributed by atoms with Crippen LogP contribution in [0.5, 0.6) is 5.75 Å². The molecule has 2 aromatic rings. The second-order valence-corrected chi connectivity index (χ2v) is 7.50. The van der Waals surface area contributed by atoms with Crippen LogP contribution in [0, 0.1) is 0 Å². The van der Waals surface area contributed by atoms with Crippen molar-refractivity contribution in [1.82, 2.24) is 4.90 Å². The van der Waals surface area contributed by atoms with Gasteiger partial charge >= 0.3 is 0 Å². The second-order valence-electron chi connectivity index (χ2n) is 5.98. The van der Waals surface area contributed by atoms with Crippen LogP contribution in [0.4, 0.5) is 0 Å². The van der Waals surface area contributed by atoms with Crippen LogP contribution >= 0.6 is 23.4 Å². The Kier molecular flexibility index (Phi) is 6.24. The standard InChI is InChI=1S/C21H20ClNO3S/c1-3-13-23-20(24)18(14-5-9-16(10-6-14)26-4-2)19(21(23)25)27-17-11-7-15(22)8-12-17/h5-12H,3-4,13H2,1-2H3. The number of benzene rings is 2. The topological polar surface area (TPSA) is 46.6 Å². The molecule has 0 unspecified atom stereocenters. The summed E-state index contributed by atoms with van der Waals surface area (Å²) in [4.78, 5) is 28.5. The highest BCUT2D eigenvalue weighted by Crippen LogP contribution is 2.40. The third-order valence-corrected chi connectivity index (χ3v) is 5.40. The van der Waals surface area contributed by atoms with Gasteiger partial charge in [-0.1, -0.05) is 42.4 Å². The highest BCUT2D eigenvalue weighted by molar-refractivity contribution is 8.04. The minimum absolute atomic E-state index is 0.245. The van der Waals surface area contributed by atoms with Gasteiger partial charge in [0.05, 0.1) is 17.1 Å². The molecule has 0 aliphatic carbocycles. The maximum atomic E-state index is 13.0. The van der Waals surface area contributed by atoms with E-state index < -0.39 is 0 Å². The summed E-state index contributed by atoms with van der Waals surface area (Å²) in [6, 6.07) is 14.5. The average molecular weight is 402 g/mol. The van der Waals surface area contributed by atoms with Crippen molar-refractivity contribution >= 4 is 40.8 Å². The zero-order chi connectivity index (χ0) is 19.4. The molecule has 0 spiro atoms. The SMILES string of the molecule is CCCN1C(=O)C(Sc2ccc(Cl)cc2)=C(c2ccc(OCC)cc2)C1=O. The molecule has 1 aliphatic heterocycles. The van der Waals surface area contributed by atoms with Crippen LogP contribution in [0.1, 0.15) is 25.8 Å². The molecule has 0 bridgehead atoms. The molecule has 0 saturated carbocycles. The lowest BCUT2D eigenvalue weighted by molar-refractivity contribution is -0.136. The normalized spacial score (nSPS) is 14.3. The number of carbonyl (C=O) groups excluding carboxylic acids is 2. The third kappa shape index (κ3) is 4.20. The van der Waals surface area contributed by atoms with Gasteiger partial charge < -0.3 is 4.74 Å². The molecule has 0 atom stereocenters. The van der Waals surface area contributed by atoms with Gasteiger partial charge in [-0.25, -0.2) is 0 Å². The molecule has 1 aliphatic rings. The van der Waals surface area contributed by atoms with Crippen molar-refractivity contribution < 1.29 is 14.3 Å². The van der Waals surface area contributed by atoms with Crippen LogP contribution in [0.15, 0.2) is 58.3 Å². The molecule has 1 heterocycles. The lowest BCUT2D eigenvalue weighted by Crippen LogP contribution is -2.32. The number of hydrogen-bond donors (Lipinski definition) is 0. The van der Waals surface area contributed by atoms with Crippen LogP contribution in [-0.2, 0) is 9.59 Å². The minimum atomic E-state index is -0.248. The summed E-state index contributed by atoms with van der Waals surface area (Å²) in [7, 11) is 0. The van der Waals surface area contributed by atoms with Crippen molar-refractivity contribution in [2.45, 2.75) is 25.2 Å². The summed E-state index contributed by atoms with van der Waals surface area (Å²) >= 11 is 7.24. The van der Waals surface area contributed by atoms with E-state index in [0.717, 1.165) is 10.6 Å². The number of nitrogens with zero attached hydrogens (tertiary/aromatic N) is 1. The molecule has 3 rings (SSSR count). The molecule has 4 nitrogen and oxygen atoms in total. The fourth-order valence-electron chi connectivity index (χ4n) is 2.83. The molecule has 0 radical (unpaired) electrons. The zero-order valence-corrected chi connectivity index (χ0v) is 16.8. The summed E-state index contributed by atoms with van der Waals surface area (Å²) in [6.07, 6.45) is 0.715. The van der Waals surface area contributed by atoms with E-state index in [4.69, 9.17) is 16.3 Å². The molecule has 2 amide bonds. The van der Waals surface area contributed by atoms with Crippen LogP contribution in [-0.4, -0.2) is 29.9 Å². The van der Waals surface area contributed by atoms with Crippen molar-refractivity contribution in [2.24, 2.45) is 0 Å². The van der Waals surface area contributed by atoms with Gasteiger partial charge in [-0.05, 0) is 55.3 Å². The van der Waals surface area contributed by atoms with Crippen molar-refractivity contribution in [3.05, 3.63) is 64.0 Å². The van der Waals surface area contributed by atoms with Crippen LogP contribution in [0.3, 0.4) is 0 Å². The molecule has 0 fully saturated rings. The summed E-state index contributed by atoms with van der Waals surface area (Å²) in [5.74, 6) is 0.240. The van der Waals surface area contributed by atoms with E-state index in [1.54, 1.807) is 12.1 Å². The fourth-order valence-corrected chi connectivity index (χ4v) is 3.97. The molecule has 2 aromatic carbocycles. The fraction of sp³-hybridized carbons (Fsp3) is 0.238. The highest BCUT2D eigenvalue weighted by atomic mass is 35.5. The van der Waals surface area contributed by atoms with Gasteiger partial charge in [0.2, 0.25) is 0 Å². The molecule has 140 valence electrons. The highest BCUT2D eigenvalue weighted by Gasteiger charge is 2.38. The van der Waals surface area contributed by atoms with Crippen molar-refractivity contribution in [3.63, 3.8) is 0 Å². The number of ether oxygens (including phenoxy) is 1. The second kappa shape index (κ2) is 8.63. The monoisotopic (exact) mass is 401 g/mol. The molecule has 0 aromatic heterocycles. The minimum Gasteiger partial charge on any atom is -0.494 e. The van der Waals surface area contributed by atoms with Crippen LogP contribution in [0.2, 0.25) is 5.02 Å². The first-order valence-electron chi connectivity index (χ1n) is 8.82. The van der Waals surface area contributed by atoms with Crippen molar-refractivity contribution in [3.8, 4) is 5.75 Å². The summed E-state index contributed by atoms with van der Waals surface area (Å²) in [5, 5.41) is 0.626. The zero-order valence-electron chi connectivity index (χ0n) is 15.2. The van der Waals surface area contributed by atoms with Gasteiger partial charge in [0.25, 0.3) is 11.8 Å². The van der Waals surface area contributed by atoms with Gasteiger partial charge in [0.15, 0.2) is 0 Å². The van der Waals surface area contributed by atoms with E-state index in [9.17, 15) is 9.59 Å². The Labute approximate surface area is 168 Å². The largest absolute Gasteiger partial charge is 0.494 e.